The number of carbonyl (C=O) groups excluding carboxylic acids is 1. The van der Waals surface area contributed by atoms with E-state index in [0.717, 1.165) is 52.0 Å². The van der Waals surface area contributed by atoms with Crippen molar-refractivity contribution in [3.05, 3.63) is 52.1 Å². The number of hydrogen-bond acceptors (Lipinski definition) is 5. The van der Waals surface area contributed by atoms with Crippen LogP contribution in [0.1, 0.15) is 12.8 Å². The van der Waals surface area contributed by atoms with Gasteiger partial charge in [0.1, 0.15) is 0 Å². The minimum absolute atomic E-state index is 0.00469. The Hall–Kier alpha value is -2.42. The lowest BCUT2D eigenvalue weighted by molar-refractivity contribution is -0.120. The normalized spacial score (nSPS) is 14.9. The van der Waals surface area contributed by atoms with Crippen LogP contribution in [-0.2, 0) is 4.79 Å². The Labute approximate surface area is 177 Å². The molecule has 0 unspecified atom stereocenters. The van der Waals surface area contributed by atoms with Crippen molar-refractivity contribution in [2.45, 2.75) is 12.8 Å². The average molecular weight is 488 g/mol. The van der Waals surface area contributed by atoms with Crippen LogP contribution in [-0.4, -0.2) is 36.1 Å². The van der Waals surface area contributed by atoms with Crippen molar-refractivity contribution >= 4 is 51.0 Å². The molecule has 1 aromatic heterocycles. The minimum Gasteiger partial charge on any atom is -0.478 e. The van der Waals surface area contributed by atoms with Crippen LogP contribution in [0, 0.1) is 9.49 Å². The van der Waals surface area contributed by atoms with E-state index in [1.54, 1.807) is 7.11 Å². The second kappa shape index (κ2) is 8.30. The van der Waals surface area contributed by atoms with Gasteiger partial charge >= 0.3 is 0 Å². The Morgan fingerprint density at radius 3 is 2.36 bits per heavy atom. The second-order valence-electron chi connectivity index (χ2n) is 6.80. The van der Waals surface area contributed by atoms with Gasteiger partial charge in [0.25, 0.3) is 5.88 Å². The molecule has 3 aromatic rings. The Morgan fingerprint density at radius 1 is 1.07 bits per heavy atom. The number of anilines is 2. The number of piperidine rings is 1. The number of halogens is 1. The van der Waals surface area contributed by atoms with E-state index in [2.05, 4.69) is 37.8 Å². The largest absolute Gasteiger partial charge is 0.478 e. The van der Waals surface area contributed by atoms with E-state index in [0.29, 0.717) is 5.88 Å². The van der Waals surface area contributed by atoms with Crippen molar-refractivity contribution in [2.24, 2.45) is 5.92 Å². The van der Waals surface area contributed by atoms with Gasteiger partial charge in [0.2, 0.25) is 5.91 Å². The zero-order chi connectivity index (χ0) is 19.5. The van der Waals surface area contributed by atoms with Gasteiger partial charge in [-0.25, -0.2) is 9.97 Å². The lowest BCUT2D eigenvalue weighted by Crippen LogP contribution is -2.38. The van der Waals surface area contributed by atoms with Gasteiger partial charge in [0.15, 0.2) is 5.82 Å². The molecule has 6 nitrogen and oxygen atoms in total. The Kier molecular flexibility index (Phi) is 5.61. The van der Waals surface area contributed by atoms with E-state index in [4.69, 9.17) is 9.72 Å². The third-order valence-electron chi connectivity index (χ3n) is 4.99. The highest BCUT2D eigenvalue weighted by Gasteiger charge is 2.27. The molecule has 1 fully saturated rings. The predicted molar refractivity (Wildman–Crippen MR) is 119 cm³/mol. The van der Waals surface area contributed by atoms with Crippen molar-refractivity contribution in [1.82, 2.24) is 9.97 Å². The molecule has 1 amide bonds. The fraction of sp³-hybridized carbons (Fsp3) is 0.286. The SMILES string of the molecule is COc1nc2ccccc2nc1N1CCC(C(=O)Nc2ccc(I)cc2)CC1. The van der Waals surface area contributed by atoms with Crippen molar-refractivity contribution in [1.29, 1.82) is 0 Å². The maximum absolute atomic E-state index is 12.6. The second-order valence-corrected chi connectivity index (χ2v) is 8.05. The third kappa shape index (κ3) is 4.04. The molecule has 28 heavy (non-hydrogen) atoms. The highest BCUT2D eigenvalue weighted by molar-refractivity contribution is 14.1. The smallest absolute Gasteiger partial charge is 0.257 e. The van der Waals surface area contributed by atoms with Crippen LogP contribution in [0.2, 0.25) is 0 Å². The van der Waals surface area contributed by atoms with E-state index >= 15 is 0 Å². The summed E-state index contributed by atoms with van der Waals surface area (Å²) in [6.07, 6.45) is 1.54. The molecular weight excluding hydrogens is 467 g/mol. The van der Waals surface area contributed by atoms with Gasteiger partial charge in [0.05, 0.1) is 18.1 Å². The molecule has 0 aliphatic carbocycles. The molecule has 1 aliphatic rings. The molecule has 2 heterocycles. The highest BCUT2D eigenvalue weighted by atomic mass is 127. The molecule has 1 aliphatic heterocycles. The fourth-order valence-electron chi connectivity index (χ4n) is 3.45. The van der Waals surface area contributed by atoms with E-state index in [1.165, 1.54) is 0 Å². The number of benzene rings is 2. The lowest BCUT2D eigenvalue weighted by atomic mass is 9.96. The van der Waals surface area contributed by atoms with E-state index in [9.17, 15) is 4.79 Å². The molecule has 4 rings (SSSR count). The zero-order valence-corrected chi connectivity index (χ0v) is 17.7. The van der Waals surface area contributed by atoms with Crippen LogP contribution in [0.5, 0.6) is 5.88 Å². The molecule has 7 heteroatoms. The zero-order valence-electron chi connectivity index (χ0n) is 15.6. The first kappa shape index (κ1) is 18.9. The number of hydrogen-bond donors (Lipinski definition) is 1. The van der Waals surface area contributed by atoms with Crippen molar-refractivity contribution in [3.8, 4) is 5.88 Å². The van der Waals surface area contributed by atoms with Crippen LogP contribution in [0.15, 0.2) is 48.5 Å². The van der Waals surface area contributed by atoms with Crippen LogP contribution in [0.25, 0.3) is 11.0 Å². The summed E-state index contributed by atoms with van der Waals surface area (Å²) in [6.45, 7) is 1.49. The average Bonchev–Trinajstić information content (AvgIpc) is 2.74. The summed E-state index contributed by atoms with van der Waals surface area (Å²) in [4.78, 5) is 24.1. The van der Waals surface area contributed by atoms with Gasteiger partial charge in [-0.3, -0.25) is 4.79 Å². The predicted octanol–water partition coefficient (Wildman–Crippen LogP) is 4.10. The molecule has 1 saturated heterocycles. The van der Waals surface area contributed by atoms with Crippen LogP contribution >= 0.6 is 22.6 Å². The standard InChI is InChI=1S/C21H21IN4O2/c1-28-21-19(24-17-4-2-3-5-18(17)25-21)26-12-10-14(11-13-26)20(27)23-16-8-6-15(22)7-9-16/h2-9,14H,10-13H2,1H3,(H,23,27). The number of fused-ring (bicyclic) bond motifs is 1. The summed E-state index contributed by atoms with van der Waals surface area (Å²) in [5.41, 5.74) is 2.50. The summed E-state index contributed by atoms with van der Waals surface area (Å²) in [5, 5.41) is 3.03. The first-order valence-electron chi connectivity index (χ1n) is 9.26. The number of nitrogens with zero attached hydrogens (tertiary/aromatic N) is 3. The molecule has 0 spiro atoms. The van der Waals surface area contributed by atoms with Gasteiger partial charge in [-0.15, -0.1) is 0 Å². The molecule has 0 atom stereocenters. The van der Waals surface area contributed by atoms with Crippen LogP contribution in [0.4, 0.5) is 11.5 Å². The lowest BCUT2D eigenvalue weighted by Gasteiger charge is -2.32. The number of ether oxygens (including phenoxy) is 1. The summed E-state index contributed by atoms with van der Waals surface area (Å²) < 4.78 is 6.62. The number of rotatable bonds is 4. The Balaban J connectivity index is 1.44. The van der Waals surface area contributed by atoms with Crippen LogP contribution < -0.4 is 15.0 Å². The highest BCUT2D eigenvalue weighted by Crippen LogP contribution is 2.30. The third-order valence-corrected chi connectivity index (χ3v) is 5.71. The topological polar surface area (TPSA) is 67.4 Å². The molecule has 0 radical (unpaired) electrons. The van der Waals surface area contributed by atoms with Gasteiger partial charge in [-0.2, -0.15) is 0 Å². The van der Waals surface area contributed by atoms with E-state index in [1.807, 2.05) is 48.5 Å². The first-order valence-corrected chi connectivity index (χ1v) is 10.3. The summed E-state index contributed by atoms with van der Waals surface area (Å²) in [7, 11) is 1.61. The molecule has 2 aromatic carbocycles. The summed E-state index contributed by atoms with van der Waals surface area (Å²) in [6, 6.07) is 15.6. The monoisotopic (exact) mass is 488 g/mol. The number of methoxy groups -OCH3 is 1. The van der Waals surface area contributed by atoms with Crippen LogP contribution in [0.3, 0.4) is 0 Å². The first-order chi connectivity index (χ1) is 13.6. The Morgan fingerprint density at radius 2 is 1.71 bits per heavy atom. The molecule has 0 bridgehead atoms. The van der Waals surface area contributed by atoms with Gasteiger partial charge < -0.3 is 15.0 Å². The van der Waals surface area contributed by atoms with E-state index < -0.39 is 0 Å². The summed E-state index contributed by atoms with van der Waals surface area (Å²) in [5.74, 6) is 1.35. The summed E-state index contributed by atoms with van der Waals surface area (Å²) >= 11 is 2.25. The maximum Gasteiger partial charge on any atom is 0.257 e. The number of carbonyl (C=O) groups is 1. The van der Waals surface area contributed by atoms with Crippen molar-refractivity contribution < 1.29 is 9.53 Å². The minimum atomic E-state index is -0.00469. The number of para-hydroxylation sites is 2. The molecule has 0 saturated carbocycles. The van der Waals surface area contributed by atoms with Gasteiger partial charge in [0, 0.05) is 28.3 Å². The van der Waals surface area contributed by atoms with Crippen molar-refractivity contribution in [3.63, 3.8) is 0 Å². The van der Waals surface area contributed by atoms with Gasteiger partial charge in [-0.05, 0) is 71.8 Å². The quantitative estimate of drug-likeness (QED) is 0.561. The maximum atomic E-state index is 12.6. The number of nitrogens with one attached hydrogen (secondary N) is 1. The molecular formula is C21H21IN4O2. The Bertz CT molecular complexity index is 985. The van der Waals surface area contributed by atoms with Gasteiger partial charge in [-0.1, -0.05) is 12.1 Å². The molecule has 1 N–H and O–H groups in total. The molecule has 144 valence electrons. The number of amides is 1. The van der Waals surface area contributed by atoms with E-state index in [-0.39, 0.29) is 11.8 Å². The van der Waals surface area contributed by atoms with Crippen molar-refractivity contribution in [2.75, 3.05) is 30.4 Å². The number of aromatic nitrogens is 2. The fourth-order valence-corrected chi connectivity index (χ4v) is 3.81.